The molecule has 1 amide bonds. The zero-order valence-electron chi connectivity index (χ0n) is 13.5. The second-order valence-corrected chi connectivity index (χ2v) is 7.94. The van der Waals surface area contributed by atoms with Gasteiger partial charge in [0.25, 0.3) is 0 Å². The molecule has 1 saturated heterocycles. The molecule has 1 fully saturated rings. The quantitative estimate of drug-likeness (QED) is 0.797. The molecule has 2 unspecified atom stereocenters. The summed E-state index contributed by atoms with van der Waals surface area (Å²) in [5.74, 6) is 2.31. The smallest absolute Gasteiger partial charge is 0.221 e. The number of hydrogen-bond donors (Lipinski definition) is 2. The summed E-state index contributed by atoms with van der Waals surface area (Å²) in [5, 5.41) is 7.58. The Labute approximate surface area is 163 Å². The van der Waals surface area contributed by atoms with E-state index >= 15 is 0 Å². The fourth-order valence-electron chi connectivity index (χ4n) is 2.63. The van der Waals surface area contributed by atoms with Gasteiger partial charge in [0, 0.05) is 43.0 Å². The molecule has 2 heterocycles. The number of hydrogen-bond acceptors (Lipinski definition) is 5. The van der Waals surface area contributed by atoms with E-state index in [1.165, 1.54) is 4.70 Å². The van der Waals surface area contributed by atoms with Gasteiger partial charge in [-0.1, -0.05) is 12.1 Å². The SMILES string of the molecule is CC(Cc1nc2ccccc2s1)NC(=O)CC1CSCCN1.Cl.Cl. The van der Waals surface area contributed by atoms with Crippen LogP contribution in [0.3, 0.4) is 0 Å². The molecule has 0 aliphatic carbocycles. The molecule has 3 rings (SSSR count). The summed E-state index contributed by atoms with van der Waals surface area (Å²) in [6, 6.07) is 8.59. The Morgan fingerprint density at radius 3 is 2.92 bits per heavy atom. The number of rotatable bonds is 5. The first kappa shape index (κ1) is 21.5. The number of amides is 1. The van der Waals surface area contributed by atoms with E-state index in [4.69, 9.17) is 0 Å². The lowest BCUT2D eigenvalue weighted by Crippen LogP contribution is -2.43. The highest BCUT2D eigenvalue weighted by molar-refractivity contribution is 7.99. The summed E-state index contributed by atoms with van der Waals surface area (Å²) in [6.07, 6.45) is 1.36. The van der Waals surface area contributed by atoms with Crippen molar-refractivity contribution >= 4 is 64.0 Å². The van der Waals surface area contributed by atoms with Crippen LogP contribution in [0.25, 0.3) is 10.2 Å². The van der Waals surface area contributed by atoms with Crippen LogP contribution >= 0.6 is 47.9 Å². The van der Waals surface area contributed by atoms with Crippen LogP contribution in [0.15, 0.2) is 24.3 Å². The van der Waals surface area contributed by atoms with Gasteiger partial charge in [0.2, 0.25) is 5.91 Å². The van der Waals surface area contributed by atoms with Crippen molar-refractivity contribution in [1.29, 1.82) is 0 Å². The predicted molar refractivity (Wildman–Crippen MR) is 109 cm³/mol. The number of fused-ring (bicyclic) bond motifs is 1. The molecule has 4 nitrogen and oxygen atoms in total. The van der Waals surface area contributed by atoms with Crippen molar-refractivity contribution in [3.63, 3.8) is 0 Å². The molecule has 134 valence electrons. The highest BCUT2D eigenvalue weighted by Crippen LogP contribution is 2.22. The minimum Gasteiger partial charge on any atom is -0.353 e. The minimum atomic E-state index is 0. The molecule has 0 saturated carbocycles. The minimum absolute atomic E-state index is 0. The molecular formula is C16H23Cl2N3OS2. The van der Waals surface area contributed by atoms with Crippen molar-refractivity contribution < 1.29 is 4.79 Å². The largest absolute Gasteiger partial charge is 0.353 e. The second kappa shape index (κ2) is 10.5. The highest BCUT2D eigenvalue weighted by atomic mass is 35.5. The van der Waals surface area contributed by atoms with Crippen LogP contribution in [0.1, 0.15) is 18.4 Å². The van der Waals surface area contributed by atoms with E-state index in [-0.39, 0.29) is 36.8 Å². The van der Waals surface area contributed by atoms with E-state index in [0.717, 1.165) is 35.0 Å². The summed E-state index contributed by atoms with van der Waals surface area (Å²) in [7, 11) is 0. The topological polar surface area (TPSA) is 54.0 Å². The zero-order valence-corrected chi connectivity index (χ0v) is 16.8. The lowest BCUT2D eigenvalue weighted by atomic mass is 10.2. The standard InChI is InChI=1S/C16H21N3OS2.2ClH/c1-11(18-15(20)9-12-10-21-7-6-17-12)8-16-19-13-4-2-3-5-14(13)22-16;;/h2-5,11-12,17H,6-10H2,1H3,(H,18,20);2*1H. The van der Waals surface area contributed by atoms with E-state index < -0.39 is 0 Å². The van der Waals surface area contributed by atoms with Gasteiger partial charge in [-0.15, -0.1) is 36.2 Å². The molecule has 8 heteroatoms. The van der Waals surface area contributed by atoms with Gasteiger partial charge in [0.05, 0.1) is 15.2 Å². The van der Waals surface area contributed by atoms with Gasteiger partial charge in [0.1, 0.15) is 0 Å². The third kappa shape index (κ3) is 6.08. The van der Waals surface area contributed by atoms with Crippen LogP contribution in [0, 0.1) is 0 Å². The van der Waals surface area contributed by atoms with Crippen molar-refractivity contribution in [2.75, 3.05) is 18.1 Å². The predicted octanol–water partition coefficient (Wildman–Crippen LogP) is 3.28. The number of carbonyl (C=O) groups excluding carboxylic acids is 1. The summed E-state index contributed by atoms with van der Waals surface area (Å²) in [4.78, 5) is 16.7. The molecule has 1 aliphatic heterocycles. The number of thioether (sulfide) groups is 1. The van der Waals surface area contributed by atoms with Gasteiger partial charge >= 0.3 is 0 Å². The molecule has 1 aliphatic rings. The number of nitrogens with one attached hydrogen (secondary N) is 2. The lowest BCUT2D eigenvalue weighted by Gasteiger charge is -2.23. The Hall–Kier alpha value is -0.530. The maximum absolute atomic E-state index is 12.1. The zero-order chi connectivity index (χ0) is 15.4. The molecule has 0 spiro atoms. The number of benzene rings is 1. The van der Waals surface area contributed by atoms with Gasteiger partial charge in [-0.05, 0) is 19.1 Å². The lowest BCUT2D eigenvalue weighted by molar-refractivity contribution is -0.122. The number of carbonyl (C=O) groups is 1. The third-order valence-corrected chi connectivity index (χ3v) is 5.85. The van der Waals surface area contributed by atoms with Crippen molar-refractivity contribution in [3.05, 3.63) is 29.3 Å². The fourth-order valence-corrected chi connectivity index (χ4v) is 4.67. The molecule has 0 radical (unpaired) electrons. The average Bonchev–Trinajstić information content (AvgIpc) is 2.89. The summed E-state index contributed by atoms with van der Waals surface area (Å²) in [6.45, 7) is 3.05. The Kier molecular flexibility index (Phi) is 9.37. The summed E-state index contributed by atoms with van der Waals surface area (Å²) in [5.41, 5.74) is 1.05. The monoisotopic (exact) mass is 407 g/mol. The van der Waals surface area contributed by atoms with Crippen LogP contribution in [-0.4, -0.2) is 41.0 Å². The van der Waals surface area contributed by atoms with Gasteiger partial charge in [0.15, 0.2) is 0 Å². The normalized spacial score (nSPS) is 18.3. The van der Waals surface area contributed by atoms with Gasteiger partial charge in [-0.2, -0.15) is 11.8 Å². The van der Waals surface area contributed by atoms with Crippen LogP contribution in [0.4, 0.5) is 0 Å². The van der Waals surface area contributed by atoms with Crippen molar-refractivity contribution in [2.45, 2.75) is 31.8 Å². The van der Waals surface area contributed by atoms with Gasteiger partial charge in [-0.25, -0.2) is 4.98 Å². The van der Waals surface area contributed by atoms with Crippen molar-refractivity contribution in [2.24, 2.45) is 0 Å². The molecule has 0 bridgehead atoms. The van der Waals surface area contributed by atoms with Gasteiger partial charge < -0.3 is 10.6 Å². The van der Waals surface area contributed by atoms with E-state index in [2.05, 4.69) is 21.7 Å². The van der Waals surface area contributed by atoms with Crippen LogP contribution in [-0.2, 0) is 11.2 Å². The first-order chi connectivity index (χ1) is 10.7. The molecular weight excluding hydrogens is 385 g/mol. The van der Waals surface area contributed by atoms with Crippen LogP contribution < -0.4 is 10.6 Å². The number of halogens is 2. The summed E-state index contributed by atoms with van der Waals surface area (Å²) < 4.78 is 1.21. The Morgan fingerprint density at radius 2 is 2.21 bits per heavy atom. The number of thiazole rings is 1. The van der Waals surface area contributed by atoms with E-state index in [1.807, 2.05) is 36.9 Å². The average molecular weight is 408 g/mol. The molecule has 1 aromatic carbocycles. The highest BCUT2D eigenvalue weighted by Gasteiger charge is 2.18. The van der Waals surface area contributed by atoms with Crippen molar-refractivity contribution in [3.8, 4) is 0 Å². The fraction of sp³-hybridized carbons (Fsp3) is 0.500. The number of para-hydroxylation sites is 1. The second-order valence-electron chi connectivity index (χ2n) is 5.68. The van der Waals surface area contributed by atoms with Crippen LogP contribution in [0.2, 0.25) is 0 Å². The van der Waals surface area contributed by atoms with Gasteiger partial charge in [-0.3, -0.25) is 4.79 Å². The molecule has 2 aromatic rings. The molecule has 2 N–H and O–H groups in total. The Bertz CT molecular complexity index is 614. The first-order valence-electron chi connectivity index (χ1n) is 7.65. The molecule has 2 atom stereocenters. The van der Waals surface area contributed by atoms with E-state index in [9.17, 15) is 4.79 Å². The molecule has 24 heavy (non-hydrogen) atoms. The number of nitrogens with zero attached hydrogens (tertiary/aromatic N) is 1. The van der Waals surface area contributed by atoms with E-state index in [0.29, 0.717) is 12.5 Å². The number of aromatic nitrogens is 1. The van der Waals surface area contributed by atoms with Crippen LogP contribution in [0.5, 0.6) is 0 Å². The summed E-state index contributed by atoms with van der Waals surface area (Å²) >= 11 is 3.63. The molecule has 1 aromatic heterocycles. The Morgan fingerprint density at radius 1 is 1.42 bits per heavy atom. The van der Waals surface area contributed by atoms with E-state index in [1.54, 1.807) is 11.3 Å². The maximum atomic E-state index is 12.1. The maximum Gasteiger partial charge on any atom is 0.221 e. The Balaban J connectivity index is 0.00000144. The first-order valence-corrected chi connectivity index (χ1v) is 9.63. The van der Waals surface area contributed by atoms with Crippen molar-refractivity contribution in [1.82, 2.24) is 15.6 Å². The third-order valence-electron chi connectivity index (χ3n) is 3.66.